The van der Waals surface area contributed by atoms with E-state index in [0.717, 1.165) is 50.6 Å². The zero-order valence-corrected chi connectivity index (χ0v) is 12.8. The molecule has 0 atom stereocenters. The second-order valence-electron chi connectivity index (χ2n) is 5.44. The van der Waals surface area contributed by atoms with Crippen LogP contribution in [0.3, 0.4) is 0 Å². The molecular formula is C16H27N3O. The maximum absolute atomic E-state index is 6.00. The van der Waals surface area contributed by atoms with Gasteiger partial charge in [-0.2, -0.15) is 0 Å². The third kappa shape index (κ3) is 4.04. The lowest BCUT2D eigenvalue weighted by Gasteiger charge is -2.36. The Balaban J connectivity index is 2.00. The molecule has 112 valence electrons. The van der Waals surface area contributed by atoms with Crippen molar-refractivity contribution in [3.63, 3.8) is 0 Å². The molecule has 1 aliphatic rings. The van der Waals surface area contributed by atoms with Gasteiger partial charge in [-0.05, 0) is 25.5 Å². The van der Waals surface area contributed by atoms with Crippen molar-refractivity contribution in [3.8, 4) is 5.75 Å². The van der Waals surface area contributed by atoms with E-state index in [0.29, 0.717) is 0 Å². The van der Waals surface area contributed by atoms with Crippen molar-refractivity contribution < 1.29 is 4.74 Å². The lowest BCUT2D eigenvalue weighted by Crippen LogP contribution is -2.46. The Kier molecular flexibility index (Phi) is 5.53. The minimum atomic E-state index is 0.743. The molecule has 1 saturated heterocycles. The molecule has 0 spiro atoms. The Morgan fingerprint density at radius 1 is 1.05 bits per heavy atom. The van der Waals surface area contributed by atoms with Gasteiger partial charge in [0.1, 0.15) is 5.75 Å². The van der Waals surface area contributed by atoms with Crippen LogP contribution in [0.25, 0.3) is 0 Å². The topological polar surface area (TPSA) is 41.7 Å². The third-order valence-corrected chi connectivity index (χ3v) is 3.66. The summed E-state index contributed by atoms with van der Waals surface area (Å²) in [5.74, 6) is 0.887. The van der Waals surface area contributed by atoms with Crippen LogP contribution in [0.15, 0.2) is 18.2 Å². The fourth-order valence-electron chi connectivity index (χ4n) is 2.64. The van der Waals surface area contributed by atoms with E-state index >= 15 is 0 Å². The second-order valence-corrected chi connectivity index (χ2v) is 5.44. The molecule has 0 aromatic heterocycles. The lowest BCUT2D eigenvalue weighted by molar-refractivity contribution is 0.258. The first-order valence-corrected chi connectivity index (χ1v) is 7.73. The monoisotopic (exact) mass is 277 g/mol. The largest absolute Gasteiger partial charge is 0.493 e. The number of hydrogen-bond acceptors (Lipinski definition) is 4. The van der Waals surface area contributed by atoms with Crippen molar-refractivity contribution in [2.45, 2.75) is 26.7 Å². The Bertz CT molecular complexity index is 414. The van der Waals surface area contributed by atoms with Gasteiger partial charge >= 0.3 is 0 Å². The Labute approximate surface area is 122 Å². The van der Waals surface area contributed by atoms with Crippen molar-refractivity contribution in [3.05, 3.63) is 18.2 Å². The Morgan fingerprint density at radius 2 is 1.80 bits per heavy atom. The van der Waals surface area contributed by atoms with Gasteiger partial charge in [0, 0.05) is 49.7 Å². The Morgan fingerprint density at radius 3 is 2.45 bits per heavy atom. The minimum Gasteiger partial charge on any atom is -0.493 e. The molecule has 1 aliphatic heterocycles. The number of rotatable bonds is 6. The average Bonchev–Trinajstić information content (AvgIpc) is 2.46. The number of piperazine rings is 1. The standard InChI is InChI=1S/C16H27N3O/c1-3-5-18-6-8-19(9-7-18)15-11-14(17)12-16(13-15)20-10-4-2/h11-13H,3-10,17H2,1-2H3. The molecule has 2 N–H and O–H groups in total. The van der Waals surface area contributed by atoms with E-state index in [1.54, 1.807) is 0 Å². The van der Waals surface area contributed by atoms with Crippen LogP contribution in [0.1, 0.15) is 26.7 Å². The highest BCUT2D eigenvalue weighted by Gasteiger charge is 2.17. The van der Waals surface area contributed by atoms with Gasteiger partial charge in [-0.25, -0.2) is 0 Å². The van der Waals surface area contributed by atoms with Crippen LogP contribution in [0.2, 0.25) is 0 Å². The van der Waals surface area contributed by atoms with Gasteiger partial charge in [0.2, 0.25) is 0 Å². The number of nitrogen functional groups attached to an aromatic ring is 1. The van der Waals surface area contributed by atoms with Crippen LogP contribution < -0.4 is 15.4 Å². The SMILES string of the molecule is CCCOc1cc(N)cc(N2CCN(CCC)CC2)c1. The van der Waals surface area contributed by atoms with E-state index in [4.69, 9.17) is 10.5 Å². The quantitative estimate of drug-likeness (QED) is 0.812. The van der Waals surface area contributed by atoms with Crippen LogP contribution in [0.4, 0.5) is 11.4 Å². The number of nitrogens with zero attached hydrogens (tertiary/aromatic N) is 2. The first-order valence-electron chi connectivity index (χ1n) is 7.73. The van der Waals surface area contributed by atoms with Crippen LogP contribution >= 0.6 is 0 Å². The summed E-state index contributed by atoms with van der Waals surface area (Å²) in [7, 11) is 0. The highest BCUT2D eigenvalue weighted by molar-refractivity contribution is 5.60. The summed E-state index contributed by atoms with van der Waals surface area (Å²) >= 11 is 0. The molecule has 20 heavy (non-hydrogen) atoms. The van der Waals surface area contributed by atoms with Gasteiger partial charge < -0.3 is 15.4 Å². The zero-order valence-electron chi connectivity index (χ0n) is 12.8. The van der Waals surface area contributed by atoms with Crippen molar-refractivity contribution in [1.82, 2.24) is 4.90 Å². The van der Waals surface area contributed by atoms with Crippen molar-refractivity contribution in [1.29, 1.82) is 0 Å². The van der Waals surface area contributed by atoms with Crippen LogP contribution in [0, 0.1) is 0 Å². The molecule has 0 unspecified atom stereocenters. The number of ether oxygens (including phenoxy) is 1. The lowest BCUT2D eigenvalue weighted by atomic mass is 10.2. The number of anilines is 2. The molecular weight excluding hydrogens is 250 g/mol. The smallest absolute Gasteiger partial charge is 0.123 e. The van der Waals surface area contributed by atoms with Crippen molar-refractivity contribution in [2.75, 3.05) is 50.0 Å². The molecule has 1 fully saturated rings. The summed E-state index contributed by atoms with van der Waals surface area (Å²) in [6.07, 6.45) is 2.24. The summed E-state index contributed by atoms with van der Waals surface area (Å²) in [6, 6.07) is 6.07. The second kappa shape index (κ2) is 7.39. The van der Waals surface area contributed by atoms with E-state index in [1.807, 2.05) is 12.1 Å². The average molecular weight is 277 g/mol. The van der Waals surface area contributed by atoms with E-state index in [2.05, 4.69) is 29.7 Å². The maximum Gasteiger partial charge on any atom is 0.123 e. The van der Waals surface area contributed by atoms with E-state index in [1.165, 1.54) is 18.7 Å². The molecule has 0 amide bonds. The number of benzene rings is 1. The summed E-state index contributed by atoms with van der Waals surface area (Å²) < 4.78 is 5.71. The van der Waals surface area contributed by atoms with Gasteiger partial charge in [-0.1, -0.05) is 13.8 Å². The third-order valence-electron chi connectivity index (χ3n) is 3.66. The molecule has 0 aliphatic carbocycles. The van der Waals surface area contributed by atoms with E-state index < -0.39 is 0 Å². The molecule has 1 aromatic carbocycles. The minimum absolute atomic E-state index is 0.743. The van der Waals surface area contributed by atoms with Crippen LogP contribution in [-0.2, 0) is 0 Å². The van der Waals surface area contributed by atoms with E-state index in [-0.39, 0.29) is 0 Å². The predicted octanol–water partition coefficient (Wildman–Crippen LogP) is 2.59. The predicted molar refractivity (Wildman–Crippen MR) is 85.6 cm³/mol. The van der Waals surface area contributed by atoms with Gasteiger partial charge in [0.15, 0.2) is 0 Å². The summed E-state index contributed by atoms with van der Waals surface area (Å²) in [5.41, 5.74) is 7.97. The Hall–Kier alpha value is -1.42. The number of nitrogens with two attached hydrogens (primary N) is 1. The number of hydrogen-bond donors (Lipinski definition) is 1. The highest BCUT2D eigenvalue weighted by atomic mass is 16.5. The highest BCUT2D eigenvalue weighted by Crippen LogP contribution is 2.26. The molecule has 4 heteroatoms. The van der Waals surface area contributed by atoms with Gasteiger partial charge in [0.25, 0.3) is 0 Å². The van der Waals surface area contributed by atoms with Gasteiger partial charge in [0.05, 0.1) is 6.61 Å². The van der Waals surface area contributed by atoms with E-state index in [9.17, 15) is 0 Å². The maximum atomic E-state index is 6.00. The molecule has 1 aromatic rings. The fraction of sp³-hybridized carbons (Fsp3) is 0.625. The van der Waals surface area contributed by atoms with Crippen LogP contribution in [-0.4, -0.2) is 44.2 Å². The summed E-state index contributed by atoms with van der Waals surface area (Å²) in [5, 5.41) is 0. The first kappa shape index (κ1) is 15.0. The van der Waals surface area contributed by atoms with Gasteiger partial charge in [-0.3, -0.25) is 4.90 Å². The fourth-order valence-corrected chi connectivity index (χ4v) is 2.64. The van der Waals surface area contributed by atoms with Gasteiger partial charge in [-0.15, -0.1) is 0 Å². The molecule has 0 radical (unpaired) electrons. The van der Waals surface area contributed by atoms with Crippen molar-refractivity contribution >= 4 is 11.4 Å². The molecule has 1 heterocycles. The normalized spacial score (nSPS) is 16.4. The summed E-state index contributed by atoms with van der Waals surface area (Å²) in [4.78, 5) is 4.93. The first-order chi connectivity index (χ1) is 9.72. The van der Waals surface area contributed by atoms with Crippen LogP contribution in [0.5, 0.6) is 5.75 Å². The zero-order chi connectivity index (χ0) is 14.4. The molecule has 0 bridgehead atoms. The van der Waals surface area contributed by atoms with Crippen molar-refractivity contribution in [2.24, 2.45) is 0 Å². The molecule has 2 rings (SSSR count). The molecule has 0 saturated carbocycles. The molecule has 4 nitrogen and oxygen atoms in total. The summed E-state index contributed by atoms with van der Waals surface area (Å²) in [6.45, 7) is 10.7.